The van der Waals surface area contributed by atoms with Gasteiger partial charge in [-0.25, -0.2) is 4.98 Å². The van der Waals surface area contributed by atoms with Crippen LogP contribution in [0.1, 0.15) is 50.4 Å². The van der Waals surface area contributed by atoms with Crippen molar-refractivity contribution in [2.45, 2.75) is 52.0 Å². The highest BCUT2D eigenvalue weighted by molar-refractivity contribution is 5.81. The Balaban J connectivity index is 2.09. The first-order valence-corrected chi connectivity index (χ1v) is 7.37. The van der Waals surface area contributed by atoms with Crippen molar-refractivity contribution in [2.24, 2.45) is 0 Å². The van der Waals surface area contributed by atoms with E-state index in [2.05, 4.69) is 21.7 Å². The summed E-state index contributed by atoms with van der Waals surface area (Å²) in [6.07, 6.45) is 4.22. The zero-order chi connectivity index (χ0) is 15.5. The number of hydrogen-bond acceptors (Lipinski definition) is 4. The number of rotatable bonds is 3. The molecule has 1 heterocycles. The Morgan fingerprint density at radius 2 is 2.10 bits per heavy atom. The second-order valence-electron chi connectivity index (χ2n) is 6.46. The van der Waals surface area contributed by atoms with Crippen molar-refractivity contribution in [1.82, 2.24) is 10.3 Å². The molecule has 0 aromatic carbocycles. The number of anilines is 1. The number of hydrogen-bond donors (Lipinski definition) is 2. The summed E-state index contributed by atoms with van der Waals surface area (Å²) in [6, 6.07) is 4.07. The maximum atomic E-state index is 11.8. The fourth-order valence-electron chi connectivity index (χ4n) is 2.48. The van der Waals surface area contributed by atoms with Crippen LogP contribution in [0.4, 0.5) is 5.82 Å². The van der Waals surface area contributed by atoms with Crippen molar-refractivity contribution < 1.29 is 4.79 Å². The molecular weight excluding hydrogens is 264 g/mol. The van der Waals surface area contributed by atoms with Gasteiger partial charge in [0.1, 0.15) is 11.9 Å². The summed E-state index contributed by atoms with van der Waals surface area (Å²) < 4.78 is 0. The quantitative estimate of drug-likeness (QED) is 0.892. The number of carbonyl (C=O) groups excluding carboxylic acids is 1. The van der Waals surface area contributed by atoms with Gasteiger partial charge in [-0.05, 0) is 58.1 Å². The van der Waals surface area contributed by atoms with Crippen molar-refractivity contribution in [1.29, 1.82) is 5.26 Å². The molecule has 0 saturated carbocycles. The number of aromatic nitrogens is 1. The summed E-state index contributed by atoms with van der Waals surface area (Å²) >= 11 is 0. The normalized spacial score (nSPS) is 14.0. The number of amides is 1. The van der Waals surface area contributed by atoms with Crippen molar-refractivity contribution in [3.63, 3.8) is 0 Å². The van der Waals surface area contributed by atoms with E-state index in [1.54, 1.807) is 0 Å². The topological polar surface area (TPSA) is 77.8 Å². The van der Waals surface area contributed by atoms with Crippen LogP contribution in [0.5, 0.6) is 0 Å². The zero-order valence-corrected chi connectivity index (χ0v) is 12.9. The molecule has 1 aliphatic rings. The number of nitrogens with zero attached hydrogens (tertiary/aromatic N) is 2. The van der Waals surface area contributed by atoms with Crippen LogP contribution < -0.4 is 10.6 Å². The summed E-state index contributed by atoms with van der Waals surface area (Å²) in [7, 11) is 0. The molecule has 1 aromatic rings. The first-order valence-electron chi connectivity index (χ1n) is 7.37. The minimum Gasteiger partial charge on any atom is -0.360 e. The Morgan fingerprint density at radius 1 is 1.38 bits per heavy atom. The van der Waals surface area contributed by atoms with E-state index < -0.39 is 0 Å². The van der Waals surface area contributed by atoms with Gasteiger partial charge in [0.05, 0.1) is 12.1 Å². The van der Waals surface area contributed by atoms with Crippen LogP contribution in [-0.4, -0.2) is 23.0 Å². The maximum absolute atomic E-state index is 11.8. The lowest BCUT2D eigenvalue weighted by molar-refractivity contribution is -0.120. The van der Waals surface area contributed by atoms with Gasteiger partial charge in [-0.15, -0.1) is 0 Å². The molecule has 1 amide bonds. The van der Waals surface area contributed by atoms with Crippen LogP contribution >= 0.6 is 0 Å². The number of aryl methyl sites for hydroxylation is 2. The Labute approximate surface area is 125 Å². The number of nitriles is 1. The molecule has 0 radical (unpaired) electrons. The third kappa shape index (κ3) is 4.19. The van der Waals surface area contributed by atoms with Crippen molar-refractivity contribution >= 4 is 11.7 Å². The predicted molar refractivity (Wildman–Crippen MR) is 82.0 cm³/mol. The fraction of sp³-hybridized carbons (Fsp3) is 0.562. The van der Waals surface area contributed by atoms with Gasteiger partial charge in [0.15, 0.2) is 0 Å². The number of pyridine rings is 1. The average molecular weight is 286 g/mol. The second-order valence-corrected chi connectivity index (χ2v) is 6.46. The standard InChI is InChI=1S/C16H22N4O/c1-16(2,3)20-14(21)10-18-15-12(9-17)8-11-6-4-5-7-13(11)19-15/h8H,4-7,10H2,1-3H3,(H,18,19)(H,20,21). The minimum absolute atomic E-state index is 0.106. The highest BCUT2D eigenvalue weighted by atomic mass is 16.2. The van der Waals surface area contributed by atoms with E-state index in [1.807, 2.05) is 26.8 Å². The van der Waals surface area contributed by atoms with Crippen LogP contribution in [0.3, 0.4) is 0 Å². The summed E-state index contributed by atoms with van der Waals surface area (Å²) in [5.74, 6) is 0.410. The lowest BCUT2D eigenvalue weighted by Gasteiger charge is -2.21. The number of carbonyl (C=O) groups is 1. The zero-order valence-electron chi connectivity index (χ0n) is 12.9. The molecule has 0 atom stereocenters. The third-order valence-corrected chi connectivity index (χ3v) is 3.35. The lowest BCUT2D eigenvalue weighted by atomic mass is 9.95. The van der Waals surface area contributed by atoms with Gasteiger partial charge in [-0.2, -0.15) is 5.26 Å². The molecule has 5 heteroatoms. The smallest absolute Gasteiger partial charge is 0.239 e. The molecule has 112 valence electrons. The first kappa shape index (κ1) is 15.3. The molecule has 0 unspecified atom stereocenters. The third-order valence-electron chi connectivity index (χ3n) is 3.35. The van der Waals surface area contributed by atoms with Gasteiger partial charge >= 0.3 is 0 Å². The molecular formula is C16H22N4O. The van der Waals surface area contributed by atoms with E-state index in [0.717, 1.165) is 31.4 Å². The van der Waals surface area contributed by atoms with Gasteiger partial charge in [0.2, 0.25) is 5.91 Å². The second kappa shape index (κ2) is 6.13. The lowest BCUT2D eigenvalue weighted by Crippen LogP contribution is -2.43. The summed E-state index contributed by atoms with van der Waals surface area (Å²) in [6.45, 7) is 5.92. The highest BCUT2D eigenvalue weighted by Crippen LogP contribution is 2.24. The molecule has 2 N–H and O–H groups in total. The largest absolute Gasteiger partial charge is 0.360 e. The molecule has 0 saturated heterocycles. The van der Waals surface area contributed by atoms with E-state index in [0.29, 0.717) is 11.4 Å². The molecule has 5 nitrogen and oxygen atoms in total. The minimum atomic E-state index is -0.264. The van der Waals surface area contributed by atoms with Gasteiger partial charge < -0.3 is 10.6 Å². The SMILES string of the molecule is CC(C)(C)NC(=O)CNc1nc2c(cc1C#N)CCCC2. The highest BCUT2D eigenvalue weighted by Gasteiger charge is 2.17. The van der Waals surface area contributed by atoms with E-state index in [9.17, 15) is 10.1 Å². The van der Waals surface area contributed by atoms with E-state index in [1.165, 1.54) is 5.56 Å². The number of fused-ring (bicyclic) bond motifs is 1. The Hall–Kier alpha value is -2.09. The molecule has 1 aromatic heterocycles. The van der Waals surface area contributed by atoms with Crippen LogP contribution in [0, 0.1) is 11.3 Å². The Bertz CT molecular complexity index is 581. The van der Waals surface area contributed by atoms with E-state index in [-0.39, 0.29) is 18.0 Å². The van der Waals surface area contributed by atoms with Crippen LogP contribution in [-0.2, 0) is 17.6 Å². The van der Waals surface area contributed by atoms with Gasteiger partial charge in [0.25, 0.3) is 0 Å². The average Bonchev–Trinajstić information content (AvgIpc) is 2.42. The van der Waals surface area contributed by atoms with Crippen LogP contribution in [0.25, 0.3) is 0 Å². The number of nitrogens with one attached hydrogen (secondary N) is 2. The summed E-state index contributed by atoms with van der Waals surface area (Å²) in [4.78, 5) is 16.4. The van der Waals surface area contributed by atoms with Gasteiger partial charge in [-0.3, -0.25) is 4.79 Å². The molecule has 0 fully saturated rings. The molecule has 0 bridgehead atoms. The fourth-order valence-corrected chi connectivity index (χ4v) is 2.48. The summed E-state index contributed by atoms with van der Waals surface area (Å²) in [5.41, 5.74) is 2.47. The Kier molecular flexibility index (Phi) is 4.46. The molecule has 2 rings (SSSR count). The monoisotopic (exact) mass is 286 g/mol. The van der Waals surface area contributed by atoms with Crippen LogP contribution in [0.2, 0.25) is 0 Å². The molecule has 21 heavy (non-hydrogen) atoms. The van der Waals surface area contributed by atoms with Crippen molar-refractivity contribution in [2.75, 3.05) is 11.9 Å². The Morgan fingerprint density at radius 3 is 2.76 bits per heavy atom. The molecule has 0 aliphatic heterocycles. The summed E-state index contributed by atoms with van der Waals surface area (Å²) in [5, 5.41) is 15.1. The first-order chi connectivity index (χ1) is 9.89. The predicted octanol–water partition coefficient (Wildman–Crippen LogP) is 2.16. The molecule has 0 spiro atoms. The van der Waals surface area contributed by atoms with E-state index in [4.69, 9.17) is 0 Å². The molecule has 1 aliphatic carbocycles. The van der Waals surface area contributed by atoms with Gasteiger partial charge in [0, 0.05) is 11.2 Å². The van der Waals surface area contributed by atoms with Gasteiger partial charge in [-0.1, -0.05) is 0 Å². The maximum Gasteiger partial charge on any atom is 0.239 e. The van der Waals surface area contributed by atoms with Crippen molar-refractivity contribution in [3.05, 3.63) is 22.9 Å². The van der Waals surface area contributed by atoms with E-state index >= 15 is 0 Å². The van der Waals surface area contributed by atoms with Crippen molar-refractivity contribution in [3.8, 4) is 6.07 Å². The van der Waals surface area contributed by atoms with Crippen LogP contribution in [0.15, 0.2) is 6.07 Å².